The zero-order valence-corrected chi connectivity index (χ0v) is 25.6. The molecule has 8 heteroatoms. The average molecular weight is 599 g/mol. The molecule has 0 atom stereocenters. The number of benzene rings is 3. The van der Waals surface area contributed by atoms with Crippen molar-refractivity contribution in [2.75, 3.05) is 39.3 Å². The lowest BCUT2D eigenvalue weighted by Gasteiger charge is -2.29. The van der Waals surface area contributed by atoms with Gasteiger partial charge in [-0.1, -0.05) is 73.2 Å². The first-order valence-electron chi connectivity index (χ1n) is 15.8. The molecular weight excluding hydrogens is 560 g/mol. The molecule has 4 aromatic rings. The van der Waals surface area contributed by atoms with Gasteiger partial charge in [0, 0.05) is 45.8 Å². The summed E-state index contributed by atoms with van der Waals surface area (Å²) in [6, 6.07) is 30.7. The molecule has 228 valence electrons. The van der Waals surface area contributed by atoms with Gasteiger partial charge in [-0.3, -0.25) is 9.69 Å². The highest BCUT2D eigenvalue weighted by Crippen LogP contribution is 2.28. The summed E-state index contributed by atoms with van der Waals surface area (Å²) >= 11 is 0. The van der Waals surface area contributed by atoms with Gasteiger partial charge in [-0.2, -0.15) is 10.5 Å². The fourth-order valence-electron chi connectivity index (χ4n) is 6.57. The summed E-state index contributed by atoms with van der Waals surface area (Å²) < 4.78 is 5.51. The zero-order chi connectivity index (χ0) is 31.0. The van der Waals surface area contributed by atoms with Crippen molar-refractivity contribution in [2.24, 2.45) is 0 Å². The summed E-state index contributed by atoms with van der Waals surface area (Å²) in [4.78, 5) is 22.2. The molecule has 0 aliphatic carbocycles. The number of nitriles is 2. The van der Waals surface area contributed by atoms with Crippen LogP contribution in [0.3, 0.4) is 0 Å². The second-order valence-corrected chi connectivity index (χ2v) is 11.8. The maximum atomic E-state index is 13.7. The zero-order valence-electron chi connectivity index (χ0n) is 25.6. The smallest absolute Gasteiger partial charge is 0.289 e. The number of amides is 1. The van der Waals surface area contributed by atoms with E-state index in [2.05, 4.69) is 75.4 Å². The van der Waals surface area contributed by atoms with Crippen LogP contribution in [0.4, 0.5) is 0 Å². The summed E-state index contributed by atoms with van der Waals surface area (Å²) in [7, 11) is 0. The molecule has 2 aliphatic heterocycles. The van der Waals surface area contributed by atoms with Crippen LogP contribution in [0.2, 0.25) is 0 Å². The Morgan fingerprint density at radius 2 is 1.56 bits per heavy atom. The van der Waals surface area contributed by atoms with Gasteiger partial charge in [0.05, 0.1) is 6.26 Å². The van der Waals surface area contributed by atoms with E-state index in [0.717, 1.165) is 41.5 Å². The van der Waals surface area contributed by atoms with E-state index in [-0.39, 0.29) is 11.5 Å². The van der Waals surface area contributed by atoms with Gasteiger partial charge < -0.3 is 19.1 Å². The fourth-order valence-corrected chi connectivity index (χ4v) is 6.57. The number of piperidine rings is 1. The van der Waals surface area contributed by atoms with Gasteiger partial charge in [0.1, 0.15) is 18.0 Å². The number of carbonyl (C=O) groups excluding carboxylic acids is 1. The molecule has 0 saturated carbocycles. The molecule has 1 aromatic heterocycles. The van der Waals surface area contributed by atoms with E-state index in [1.165, 1.54) is 31.1 Å². The van der Waals surface area contributed by atoms with E-state index in [4.69, 9.17) is 4.42 Å². The molecule has 45 heavy (non-hydrogen) atoms. The van der Waals surface area contributed by atoms with Crippen LogP contribution in [0.25, 0.3) is 10.8 Å². The summed E-state index contributed by atoms with van der Waals surface area (Å²) in [5.41, 5.74) is 3.54. The molecular formula is C37H38N6O2. The largest absolute Gasteiger partial charge is 0.459 e. The molecule has 0 spiro atoms. The summed E-state index contributed by atoms with van der Waals surface area (Å²) in [6.45, 7) is 6.41. The van der Waals surface area contributed by atoms with Gasteiger partial charge >= 0.3 is 0 Å². The Morgan fingerprint density at radius 3 is 2.36 bits per heavy atom. The quantitative estimate of drug-likeness (QED) is 0.203. The van der Waals surface area contributed by atoms with Crippen molar-refractivity contribution in [2.45, 2.75) is 38.9 Å². The topological polar surface area (TPSA) is 90.8 Å². The fraction of sp³-hybridized carbons (Fsp3) is 0.324. The van der Waals surface area contributed by atoms with E-state index in [1.54, 1.807) is 12.1 Å². The number of allylic oxidation sites excluding steroid dienone is 1. The number of nitrogens with zero attached hydrogens (tertiary/aromatic N) is 6. The lowest BCUT2D eigenvalue weighted by molar-refractivity contribution is 0.0698. The van der Waals surface area contributed by atoms with Gasteiger partial charge in [-0.05, 0) is 65.5 Å². The number of likely N-dealkylation sites (tertiary alicyclic amines) is 1. The van der Waals surface area contributed by atoms with Gasteiger partial charge in [-0.15, -0.1) is 0 Å². The Morgan fingerprint density at radius 1 is 0.800 bits per heavy atom. The predicted octanol–water partition coefficient (Wildman–Crippen LogP) is 6.14. The molecule has 0 radical (unpaired) electrons. The second-order valence-electron chi connectivity index (χ2n) is 11.8. The van der Waals surface area contributed by atoms with Crippen molar-refractivity contribution in [1.82, 2.24) is 19.6 Å². The first kappa shape index (κ1) is 30.0. The second kappa shape index (κ2) is 14.2. The molecule has 1 amide bonds. The van der Waals surface area contributed by atoms with E-state index in [9.17, 15) is 15.3 Å². The van der Waals surface area contributed by atoms with Crippen LogP contribution in [0.5, 0.6) is 0 Å². The van der Waals surface area contributed by atoms with Gasteiger partial charge in [-0.25, -0.2) is 0 Å². The molecule has 6 rings (SSSR count). The van der Waals surface area contributed by atoms with Gasteiger partial charge in [0.15, 0.2) is 11.3 Å². The lowest BCUT2D eigenvalue weighted by atomic mass is 10.0. The van der Waals surface area contributed by atoms with E-state index < -0.39 is 0 Å². The van der Waals surface area contributed by atoms with Crippen LogP contribution in [0.1, 0.15) is 46.5 Å². The number of fused-ring (bicyclic) bond motifs is 1. The van der Waals surface area contributed by atoms with Crippen molar-refractivity contribution in [3.8, 4) is 12.1 Å². The molecule has 8 nitrogen and oxygen atoms in total. The van der Waals surface area contributed by atoms with Crippen LogP contribution in [0.15, 0.2) is 101 Å². The van der Waals surface area contributed by atoms with E-state index in [1.807, 2.05) is 23.1 Å². The highest BCUT2D eigenvalue weighted by molar-refractivity contribution is 5.91. The number of furan rings is 1. The number of hydrogen-bond acceptors (Lipinski definition) is 7. The van der Waals surface area contributed by atoms with Crippen molar-refractivity contribution < 1.29 is 9.21 Å². The molecule has 0 N–H and O–H groups in total. The third-order valence-corrected chi connectivity index (χ3v) is 8.81. The minimum Gasteiger partial charge on any atom is -0.459 e. The Labute approximate surface area is 265 Å². The van der Waals surface area contributed by atoms with Crippen LogP contribution < -0.4 is 0 Å². The molecule has 3 aromatic carbocycles. The summed E-state index contributed by atoms with van der Waals surface area (Å²) in [5, 5.41) is 22.2. The first-order chi connectivity index (χ1) is 22.1. The maximum Gasteiger partial charge on any atom is 0.289 e. The minimum atomic E-state index is -0.181. The molecule has 3 heterocycles. The molecule has 0 bridgehead atoms. The predicted molar refractivity (Wildman–Crippen MR) is 173 cm³/mol. The Kier molecular flexibility index (Phi) is 9.44. The van der Waals surface area contributed by atoms with Crippen molar-refractivity contribution >= 4 is 16.7 Å². The van der Waals surface area contributed by atoms with Gasteiger partial charge in [0.2, 0.25) is 0 Å². The van der Waals surface area contributed by atoms with E-state index in [0.29, 0.717) is 50.8 Å². The Bertz CT molecular complexity index is 1720. The molecule has 2 aliphatic rings. The third kappa shape index (κ3) is 7.03. The van der Waals surface area contributed by atoms with Crippen LogP contribution in [-0.2, 0) is 19.6 Å². The Balaban J connectivity index is 1.21. The van der Waals surface area contributed by atoms with Crippen molar-refractivity contribution in [1.29, 1.82) is 10.5 Å². The van der Waals surface area contributed by atoms with E-state index >= 15 is 0 Å². The molecule has 2 fully saturated rings. The van der Waals surface area contributed by atoms with Crippen LogP contribution in [0, 0.1) is 22.7 Å². The van der Waals surface area contributed by atoms with Crippen LogP contribution in [-0.4, -0.2) is 64.8 Å². The highest BCUT2D eigenvalue weighted by atomic mass is 16.3. The van der Waals surface area contributed by atoms with Gasteiger partial charge in [0.25, 0.3) is 5.91 Å². The van der Waals surface area contributed by atoms with Crippen molar-refractivity contribution in [3.05, 3.63) is 119 Å². The molecule has 0 unspecified atom stereocenters. The Hall–Kier alpha value is -5.05. The lowest BCUT2D eigenvalue weighted by Crippen LogP contribution is -2.38. The first-order valence-corrected chi connectivity index (χ1v) is 15.8. The van der Waals surface area contributed by atoms with Crippen LogP contribution >= 0.6 is 0 Å². The number of carbonyl (C=O) groups is 1. The average Bonchev–Trinajstić information content (AvgIpc) is 3.75. The number of hydrogen-bond donors (Lipinski definition) is 0. The number of rotatable bonds is 10. The minimum absolute atomic E-state index is 0.0852. The maximum absolute atomic E-state index is 13.7. The normalized spacial score (nSPS) is 15.2. The monoisotopic (exact) mass is 598 g/mol. The summed E-state index contributed by atoms with van der Waals surface area (Å²) in [5.74, 6) is 0.741. The summed E-state index contributed by atoms with van der Waals surface area (Å²) in [6.07, 6.45) is 5.32. The SMILES string of the molecule is N#CC(C#N)=C1N(CCN(Cc2cccc(CN3CCCCC3)c2)C(=O)c2ccco2)CCN1Cc1cccc2ccccc12. The molecule has 2 saturated heterocycles. The standard InChI is InChI=1S/C37H38N6O2/c38-24-33(25-39)36-41(18-20-42(36)28-32-13-7-12-31-11-2-3-14-34(31)32)19-21-43(37(44)35-15-8-22-45-35)27-30-10-6-9-29(23-30)26-40-16-4-1-5-17-40/h2-3,6-15,22-23H,1,4-5,16-21,26-28H2. The highest BCUT2D eigenvalue weighted by Gasteiger charge is 2.30. The van der Waals surface area contributed by atoms with Crippen molar-refractivity contribution in [3.63, 3.8) is 0 Å². The third-order valence-electron chi connectivity index (χ3n) is 8.81.